The standard InChI is InChI=1S/C15H21N3O2/c19-15(17-10-12-5-9-20-11-12)13-4-3-6-16-14(13)18-7-1-2-8-18/h3-4,6,12H,1-2,5,7-11H2,(H,17,19)/t12-/m1/s1. The first-order valence-electron chi connectivity index (χ1n) is 7.40. The lowest BCUT2D eigenvalue weighted by atomic mass is 10.1. The minimum Gasteiger partial charge on any atom is -0.381 e. The summed E-state index contributed by atoms with van der Waals surface area (Å²) in [6.07, 6.45) is 5.15. The number of carbonyl (C=O) groups excluding carboxylic acids is 1. The summed E-state index contributed by atoms with van der Waals surface area (Å²) >= 11 is 0. The van der Waals surface area contributed by atoms with Gasteiger partial charge in [0.05, 0.1) is 12.2 Å². The number of hydrogen-bond acceptors (Lipinski definition) is 4. The van der Waals surface area contributed by atoms with Gasteiger partial charge in [-0.1, -0.05) is 0 Å². The smallest absolute Gasteiger partial charge is 0.255 e. The lowest BCUT2D eigenvalue weighted by Crippen LogP contribution is -2.31. The van der Waals surface area contributed by atoms with E-state index in [0.717, 1.165) is 38.5 Å². The third-order valence-electron chi connectivity index (χ3n) is 4.01. The first kappa shape index (κ1) is 13.4. The Morgan fingerprint density at radius 2 is 2.30 bits per heavy atom. The van der Waals surface area contributed by atoms with E-state index in [1.54, 1.807) is 6.20 Å². The van der Waals surface area contributed by atoms with Crippen LogP contribution in [0.1, 0.15) is 29.6 Å². The highest BCUT2D eigenvalue weighted by Crippen LogP contribution is 2.22. The fourth-order valence-electron chi connectivity index (χ4n) is 2.83. The molecule has 0 bridgehead atoms. The van der Waals surface area contributed by atoms with E-state index in [0.29, 0.717) is 18.0 Å². The fourth-order valence-corrected chi connectivity index (χ4v) is 2.83. The van der Waals surface area contributed by atoms with Crippen molar-refractivity contribution in [3.63, 3.8) is 0 Å². The summed E-state index contributed by atoms with van der Waals surface area (Å²) < 4.78 is 5.33. The largest absolute Gasteiger partial charge is 0.381 e. The van der Waals surface area contributed by atoms with Gasteiger partial charge < -0.3 is 15.0 Å². The van der Waals surface area contributed by atoms with Gasteiger partial charge in [-0.15, -0.1) is 0 Å². The zero-order valence-corrected chi connectivity index (χ0v) is 11.7. The molecule has 2 saturated heterocycles. The Balaban J connectivity index is 1.67. The molecule has 0 unspecified atom stereocenters. The Labute approximate surface area is 119 Å². The van der Waals surface area contributed by atoms with Crippen molar-refractivity contribution in [2.45, 2.75) is 19.3 Å². The van der Waals surface area contributed by atoms with Crippen molar-refractivity contribution in [1.29, 1.82) is 0 Å². The number of rotatable bonds is 4. The number of ether oxygens (including phenoxy) is 1. The number of nitrogens with zero attached hydrogens (tertiary/aromatic N) is 2. The van der Waals surface area contributed by atoms with Crippen molar-refractivity contribution in [3.05, 3.63) is 23.9 Å². The van der Waals surface area contributed by atoms with Gasteiger partial charge in [0.1, 0.15) is 5.82 Å². The van der Waals surface area contributed by atoms with Gasteiger partial charge >= 0.3 is 0 Å². The molecule has 1 amide bonds. The van der Waals surface area contributed by atoms with E-state index in [4.69, 9.17) is 4.74 Å². The van der Waals surface area contributed by atoms with E-state index in [1.807, 2.05) is 12.1 Å². The second kappa shape index (κ2) is 6.22. The zero-order chi connectivity index (χ0) is 13.8. The van der Waals surface area contributed by atoms with Crippen LogP contribution in [-0.2, 0) is 4.74 Å². The second-order valence-electron chi connectivity index (χ2n) is 5.51. The zero-order valence-electron chi connectivity index (χ0n) is 11.7. The van der Waals surface area contributed by atoms with Gasteiger partial charge in [-0.05, 0) is 31.4 Å². The van der Waals surface area contributed by atoms with Crippen molar-refractivity contribution in [2.24, 2.45) is 5.92 Å². The molecule has 0 aromatic carbocycles. The van der Waals surface area contributed by atoms with Crippen molar-refractivity contribution >= 4 is 11.7 Å². The summed E-state index contributed by atoms with van der Waals surface area (Å²) in [5.41, 5.74) is 0.688. The maximum atomic E-state index is 12.4. The molecule has 1 atom stereocenters. The summed E-state index contributed by atoms with van der Waals surface area (Å²) in [6, 6.07) is 3.69. The summed E-state index contributed by atoms with van der Waals surface area (Å²) in [5.74, 6) is 1.25. The van der Waals surface area contributed by atoms with Crippen molar-refractivity contribution < 1.29 is 9.53 Å². The number of hydrogen-bond donors (Lipinski definition) is 1. The van der Waals surface area contributed by atoms with E-state index >= 15 is 0 Å². The number of carbonyl (C=O) groups is 1. The van der Waals surface area contributed by atoms with E-state index in [-0.39, 0.29) is 5.91 Å². The third kappa shape index (κ3) is 2.93. The molecule has 5 nitrogen and oxygen atoms in total. The highest BCUT2D eigenvalue weighted by Gasteiger charge is 2.22. The summed E-state index contributed by atoms with van der Waals surface area (Å²) in [5, 5.41) is 3.02. The van der Waals surface area contributed by atoms with Gasteiger partial charge in [0, 0.05) is 38.4 Å². The Morgan fingerprint density at radius 1 is 1.45 bits per heavy atom. The van der Waals surface area contributed by atoms with Gasteiger partial charge in [-0.2, -0.15) is 0 Å². The molecule has 0 spiro atoms. The molecule has 1 aromatic heterocycles. The first-order valence-corrected chi connectivity index (χ1v) is 7.40. The van der Waals surface area contributed by atoms with Crippen LogP contribution in [0.4, 0.5) is 5.82 Å². The van der Waals surface area contributed by atoms with E-state index in [9.17, 15) is 4.79 Å². The second-order valence-corrected chi connectivity index (χ2v) is 5.51. The molecule has 3 heterocycles. The molecule has 1 aromatic rings. The monoisotopic (exact) mass is 275 g/mol. The number of anilines is 1. The van der Waals surface area contributed by atoms with Crippen molar-refractivity contribution in [3.8, 4) is 0 Å². The predicted molar refractivity (Wildman–Crippen MR) is 76.9 cm³/mol. The molecule has 0 aliphatic carbocycles. The molecule has 0 radical (unpaired) electrons. The van der Waals surface area contributed by atoms with Crippen LogP contribution in [0.5, 0.6) is 0 Å². The summed E-state index contributed by atoms with van der Waals surface area (Å²) in [4.78, 5) is 19.0. The normalized spacial score (nSPS) is 22.2. The number of pyridine rings is 1. The van der Waals surface area contributed by atoms with Gasteiger partial charge in [-0.25, -0.2) is 4.98 Å². The molecule has 0 saturated carbocycles. The van der Waals surface area contributed by atoms with Crippen LogP contribution in [0, 0.1) is 5.92 Å². The molecule has 108 valence electrons. The number of aromatic nitrogens is 1. The topological polar surface area (TPSA) is 54.5 Å². The van der Waals surface area contributed by atoms with Crippen molar-refractivity contribution in [2.75, 3.05) is 37.7 Å². The molecule has 5 heteroatoms. The van der Waals surface area contributed by atoms with Crippen LogP contribution in [-0.4, -0.2) is 43.7 Å². The maximum absolute atomic E-state index is 12.4. The fraction of sp³-hybridized carbons (Fsp3) is 0.600. The highest BCUT2D eigenvalue weighted by molar-refractivity contribution is 5.98. The average Bonchev–Trinajstić information content (AvgIpc) is 3.18. The quantitative estimate of drug-likeness (QED) is 0.903. The predicted octanol–water partition coefficient (Wildman–Crippen LogP) is 1.45. The van der Waals surface area contributed by atoms with Gasteiger partial charge in [0.15, 0.2) is 0 Å². The molecule has 1 N–H and O–H groups in total. The molecule has 3 rings (SSSR count). The third-order valence-corrected chi connectivity index (χ3v) is 4.01. The van der Waals surface area contributed by atoms with E-state index < -0.39 is 0 Å². The summed E-state index contributed by atoms with van der Waals surface area (Å²) in [6.45, 7) is 4.24. The minimum absolute atomic E-state index is 0.0214. The van der Waals surface area contributed by atoms with Gasteiger partial charge in [-0.3, -0.25) is 4.79 Å². The molecule has 20 heavy (non-hydrogen) atoms. The Bertz CT molecular complexity index is 466. The van der Waals surface area contributed by atoms with Crippen LogP contribution in [0.3, 0.4) is 0 Å². The van der Waals surface area contributed by atoms with Crippen molar-refractivity contribution in [1.82, 2.24) is 10.3 Å². The number of amides is 1. The van der Waals surface area contributed by atoms with Gasteiger partial charge in [0.2, 0.25) is 0 Å². The molecule has 2 fully saturated rings. The lowest BCUT2D eigenvalue weighted by molar-refractivity contribution is 0.0945. The minimum atomic E-state index is -0.0214. The highest BCUT2D eigenvalue weighted by atomic mass is 16.5. The van der Waals surface area contributed by atoms with E-state index in [1.165, 1.54) is 12.8 Å². The molecular weight excluding hydrogens is 254 g/mol. The van der Waals surface area contributed by atoms with Gasteiger partial charge in [0.25, 0.3) is 5.91 Å². The SMILES string of the molecule is O=C(NC[C@H]1CCOC1)c1cccnc1N1CCCC1. The maximum Gasteiger partial charge on any atom is 0.255 e. The van der Waals surface area contributed by atoms with Crippen LogP contribution >= 0.6 is 0 Å². The molecule has 2 aliphatic heterocycles. The van der Waals surface area contributed by atoms with Crippen LogP contribution < -0.4 is 10.2 Å². The van der Waals surface area contributed by atoms with Crippen LogP contribution in [0.15, 0.2) is 18.3 Å². The first-order chi connectivity index (χ1) is 9.84. The molecule has 2 aliphatic rings. The summed E-state index contributed by atoms with van der Waals surface area (Å²) in [7, 11) is 0. The van der Waals surface area contributed by atoms with E-state index in [2.05, 4.69) is 15.2 Å². The molecular formula is C15H21N3O2. The Morgan fingerprint density at radius 3 is 3.05 bits per heavy atom. The van der Waals surface area contributed by atoms with Crippen LogP contribution in [0.2, 0.25) is 0 Å². The lowest BCUT2D eigenvalue weighted by Gasteiger charge is -2.19. The average molecular weight is 275 g/mol. The number of nitrogens with one attached hydrogen (secondary N) is 1. The Hall–Kier alpha value is -1.62. The van der Waals surface area contributed by atoms with Crippen LogP contribution in [0.25, 0.3) is 0 Å². The Kier molecular flexibility index (Phi) is 4.16.